The van der Waals surface area contributed by atoms with E-state index in [2.05, 4.69) is 16.4 Å². The molecule has 3 rings (SSSR count). The normalized spacial score (nSPS) is 18.6. The number of aromatic amines is 1. The number of hydrogen-bond acceptors (Lipinski definition) is 3. The zero-order valence-corrected chi connectivity index (χ0v) is 11.8. The van der Waals surface area contributed by atoms with Crippen LogP contribution in [0.25, 0.3) is 10.9 Å². The van der Waals surface area contributed by atoms with Gasteiger partial charge < -0.3 is 10.3 Å². The summed E-state index contributed by atoms with van der Waals surface area (Å²) in [4.78, 5) is 26.6. The number of thioether (sulfide) groups is 1. The monoisotopic (exact) mass is 288 g/mol. The maximum atomic E-state index is 11.8. The van der Waals surface area contributed by atoms with E-state index < -0.39 is 0 Å². The van der Waals surface area contributed by atoms with Gasteiger partial charge in [-0.1, -0.05) is 30.0 Å². The third-order valence-corrected chi connectivity index (χ3v) is 4.49. The van der Waals surface area contributed by atoms with Crippen LogP contribution in [0.4, 0.5) is 0 Å². The zero-order chi connectivity index (χ0) is 13.9. The van der Waals surface area contributed by atoms with E-state index in [9.17, 15) is 9.59 Å². The van der Waals surface area contributed by atoms with Crippen LogP contribution in [0.15, 0.2) is 30.3 Å². The minimum Gasteiger partial charge on any atom is -0.358 e. The van der Waals surface area contributed by atoms with E-state index in [4.69, 9.17) is 0 Å². The second-order valence-electron chi connectivity index (χ2n) is 4.96. The molecule has 0 saturated carbocycles. The highest BCUT2D eigenvalue weighted by Crippen LogP contribution is 2.20. The summed E-state index contributed by atoms with van der Waals surface area (Å²) in [6.07, 6.45) is 1.82. The highest BCUT2D eigenvalue weighted by atomic mass is 32.2. The fraction of sp³-hybridized carbons (Fsp3) is 0.333. The van der Waals surface area contributed by atoms with Crippen molar-refractivity contribution in [3.05, 3.63) is 36.0 Å². The molecule has 1 aromatic heterocycles. The van der Waals surface area contributed by atoms with Gasteiger partial charge in [-0.2, -0.15) is 0 Å². The van der Waals surface area contributed by atoms with Crippen molar-refractivity contribution in [2.45, 2.75) is 25.3 Å². The number of fused-ring (bicyclic) bond motifs is 1. The second kappa shape index (κ2) is 5.71. The number of benzene rings is 1. The first-order valence-electron chi connectivity index (χ1n) is 6.75. The van der Waals surface area contributed by atoms with Crippen molar-refractivity contribution < 1.29 is 9.59 Å². The Hall–Kier alpha value is -1.75. The van der Waals surface area contributed by atoms with Crippen LogP contribution in [0.2, 0.25) is 0 Å². The molecule has 1 atom stereocenters. The summed E-state index contributed by atoms with van der Waals surface area (Å²) in [5.74, 6) is 0.760. The van der Waals surface area contributed by atoms with Gasteiger partial charge in [0, 0.05) is 23.4 Å². The molecule has 20 heavy (non-hydrogen) atoms. The Bertz CT molecular complexity index is 617. The van der Waals surface area contributed by atoms with Gasteiger partial charge >= 0.3 is 0 Å². The van der Waals surface area contributed by atoms with Crippen molar-refractivity contribution in [3.8, 4) is 0 Å². The average Bonchev–Trinajstić information content (AvgIpc) is 3.03. The lowest BCUT2D eigenvalue weighted by molar-refractivity contribution is -0.124. The Balaban J connectivity index is 1.56. The van der Waals surface area contributed by atoms with Gasteiger partial charge in [0.05, 0.1) is 6.04 Å². The summed E-state index contributed by atoms with van der Waals surface area (Å²) >= 11 is 1.30. The molecule has 1 aliphatic heterocycles. The number of carbonyl (C=O) groups is 2. The number of nitrogens with one attached hydrogen (secondary N) is 2. The van der Waals surface area contributed by atoms with Crippen molar-refractivity contribution in [1.82, 2.24) is 10.3 Å². The second-order valence-corrected chi connectivity index (χ2v) is 6.06. The third kappa shape index (κ3) is 2.88. The summed E-state index contributed by atoms with van der Waals surface area (Å²) < 4.78 is 0. The molecule has 0 aliphatic carbocycles. The highest BCUT2D eigenvalue weighted by Gasteiger charge is 2.26. The van der Waals surface area contributed by atoms with Gasteiger partial charge in [-0.3, -0.25) is 9.59 Å². The molecular formula is C15H16N2O2S. The molecule has 0 radical (unpaired) electrons. The minimum absolute atomic E-state index is 0.0514. The Kier molecular flexibility index (Phi) is 3.78. The number of para-hydroxylation sites is 1. The smallest absolute Gasteiger partial charge is 0.220 e. The van der Waals surface area contributed by atoms with Gasteiger partial charge in [-0.15, -0.1) is 0 Å². The van der Waals surface area contributed by atoms with Gasteiger partial charge in [-0.25, -0.2) is 0 Å². The topological polar surface area (TPSA) is 62.0 Å². The number of hydrogen-bond donors (Lipinski definition) is 2. The number of aryl methyl sites for hydroxylation is 1. The molecule has 4 nitrogen and oxygen atoms in total. The van der Waals surface area contributed by atoms with E-state index in [1.54, 1.807) is 0 Å². The molecular weight excluding hydrogens is 272 g/mol. The zero-order valence-electron chi connectivity index (χ0n) is 11.0. The summed E-state index contributed by atoms with van der Waals surface area (Å²) in [6, 6.07) is 9.83. The van der Waals surface area contributed by atoms with E-state index in [0.29, 0.717) is 12.8 Å². The fourth-order valence-corrected chi connectivity index (χ4v) is 3.34. The van der Waals surface area contributed by atoms with Crippen LogP contribution >= 0.6 is 11.8 Å². The van der Waals surface area contributed by atoms with Gasteiger partial charge in [0.15, 0.2) is 0 Å². The van der Waals surface area contributed by atoms with Crippen LogP contribution in [-0.4, -0.2) is 27.8 Å². The first-order valence-corrected chi connectivity index (χ1v) is 7.73. The minimum atomic E-state index is -0.282. The maximum absolute atomic E-state index is 11.8. The number of rotatable bonds is 4. The number of H-pyrrole nitrogens is 1. The Labute approximate surface area is 121 Å². The first-order chi connectivity index (χ1) is 9.72. The largest absolute Gasteiger partial charge is 0.358 e. The summed E-state index contributed by atoms with van der Waals surface area (Å²) in [7, 11) is 0. The summed E-state index contributed by atoms with van der Waals surface area (Å²) in [5, 5.41) is 4.05. The molecule has 2 heterocycles. The Morgan fingerprint density at radius 3 is 3.00 bits per heavy atom. The Morgan fingerprint density at radius 2 is 2.25 bits per heavy atom. The van der Waals surface area contributed by atoms with Crippen molar-refractivity contribution in [2.24, 2.45) is 0 Å². The van der Waals surface area contributed by atoms with Crippen LogP contribution in [0.1, 0.15) is 18.5 Å². The van der Waals surface area contributed by atoms with Crippen molar-refractivity contribution >= 4 is 33.7 Å². The number of carbonyl (C=O) groups excluding carboxylic acids is 2. The lowest BCUT2D eigenvalue weighted by Crippen LogP contribution is -2.37. The molecule has 0 spiro atoms. The highest BCUT2D eigenvalue weighted by molar-refractivity contribution is 8.14. The van der Waals surface area contributed by atoms with E-state index >= 15 is 0 Å². The van der Waals surface area contributed by atoms with E-state index in [1.165, 1.54) is 11.8 Å². The average molecular weight is 288 g/mol. The Morgan fingerprint density at radius 1 is 1.40 bits per heavy atom. The standard InChI is InChI=1S/C15H16N2O2S/c18-14(17-13-7-8-20-15(13)19)6-5-11-9-10-3-1-2-4-12(10)16-11/h1-4,9,13,16H,5-8H2,(H,17,18)/t13-/m0/s1. The quantitative estimate of drug-likeness (QED) is 0.907. The van der Waals surface area contributed by atoms with Crippen LogP contribution in [0.3, 0.4) is 0 Å². The molecule has 2 N–H and O–H groups in total. The molecule has 1 fully saturated rings. The molecule has 1 aromatic carbocycles. The van der Waals surface area contributed by atoms with Crippen molar-refractivity contribution in [2.75, 3.05) is 5.75 Å². The molecule has 0 unspecified atom stereocenters. The SMILES string of the molecule is O=C(CCc1cc2ccccc2[nH]1)N[C@H]1CCSC1=O. The molecule has 1 saturated heterocycles. The van der Waals surface area contributed by atoms with Crippen LogP contribution in [-0.2, 0) is 16.0 Å². The maximum Gasteiger partial charge on any atom is 0.220 e. The molecule has 1 amide bonds. The van der Waals surface area contributed by atoms with Gasteiger partial charge in [-0.05, 0) is 30.4 Å². The predicted octanol–water partition coefficient (Wildman–Crippen LogP) is 2.25. The number of amides is 1. The van der Waals surface area contributed by atoms with Crippen LogP contribution in [0.5, 0.6) is 0 Å². The van der Waals surface area contributed by atoms with Gasteiger partial charge in [0.1, 0.15) is 0 Å². The molecule has 104 valence electrons. The molecule has 1 aliphatic rings. The van der Waals surface area contributed by atoms with E-state index in [0.717, 1.165) is 28.8 Å². The lowest BCUT2D eigenvalue weighted by Gasteiger charge is -2.09. The van der Waals surface area contributed by atoms with Crippen LogP contribution < -0.4 is 5.32 Å². The van der Waals surface area contributed by atoms with Crippen LogP contribution in [0, 0.1) is 0 Å². The van der Waals surface area contributed by atoms with Crippen molar-refractivity contribution in [3.63, 3.8) is 0 Å². The predicted molar refractivity (Wildman–Crippen MR) is 80.6 cm³/mol. The molecule has 2 aromatic rings. The number of aromatic nitrogens is 1. The van der Waals surface area contributed by atoms with E-state index in [1.807, 2.05) is 24.3 Å². The first kappa shape index (κ1) is 13.2. The summed E-state index contributed by atoms with van der Waals surface area (Å²) in [5.41, 5.74) is 2.14. The van der Waals surface area contributed by atoms with E-state index in [-0.39, 0.29) is 17.1 Å². The lowest BCUT2D eigenvalue weighted by atomic mass is 10.2. The van der Waals surface area contributed by atoms with Gasteiger partial charge in [0.25, 0.3) is 0 Å². The third-order valence-electron chi connectivity index (χ3n) is 3.48. The van der Waals surface area contributed by atoms with Crippen molar-refractivity contribution in [1.29, 1.82) is 0 Å². The molecule has 5 heteroatoms. The summed E-state index contributed by atoms with van der Waals surface area (Å²) in [6.45, 7) is 0. The fourth-order valence-electron chi connectivity index (χ4n) is 2.41. The van der Waals surface area contributed by atoms with Gasteiger partial charge in [0.2, 0.25) is 11.0 Å². The molecule has 0 bridgehead atoms.